The van der Waals surface area contributed by atoms with Crippen LogP contribution in [0.2, 0.25) is 0 Å². The van der Waals surface area contributed by atoms with E-state index in [2.05, 4.69) is 16.6 Å². The number of anilines is 1. The molecule has 1 heterocycles. The van der Waals surface area contributed by atoms with E-state index >= 15 is 0 Å². The van der Waals surface area contributed by atoms with E-state index in [4.69, 9.17) is 0 Å². The molecule has 1 saturated carbocycles. The third kappa shape index (κ3) is 3.41. The van der Waals surface area contributed by atoms with Gasteiger partial charge in [0.05, 0.1) is 0 Å². The van der Waals surface area contributed by atoms with E-state index in [0.717, 1.165) is 5.69 Å². The summed E-state index contributed by atoms with van der Waals surface area (Å²) in [5.74, 6) is -0.0588. The van der Waals surface area contributed by atoms with Crippen LogP contribution in [0.4, 0.5) is 5.69 Å². The zero-order valence-corrected chi connectivity index (χ0v) is 12.5. The quantitative estimate of drug-likeness (QED) is 0.919. The molecule has 4 nitrogen and oxygen atoms in total. The molecule has 2 atom stereocenters. The minimum atomic E-state index is -0.0588. The Kier molecular flexibility index (Phi) is 4.69. The summed E-state index contributed by atoms with van der Waals surface area (Å²) in [6, 6.07) is 4.28. The van der Waals surface area contributed by atoms with Crippen molar-refractivity contribution in [2.75, 3.05) is 25.7 Å². The molecule has 1 amide bonds. The third-order valence-electron chi connectivity index (χ3n) is 3.49. The number of aromatic nitrogens is 1. The van der Waals surface area contributed by atoms with Gasteiger partial charge < -0.3 is 10.2 Å². The molecule has 1 fully saturated rings. The summed E-state index contributed by atoms with van der Waals surface area (Å²) in [6.45, 7) is 0. The molecule has 0 spiro atoms. The van der Waals surface area contributed by atoms with Gasteiger partial charge in [0.15, 0.2) is 0 Å². The Morgan fingerprint density at radius 1 is 1.47 bits per heavy atom. The SMILES string of the molecule is CSC1CCCC1Nc1ccnc(C(=O)N(C)C)c1. The Hall–Kier alpha value is -1.23. The number of hydrogen-bond donors (Lipinski definition) is 1. The summed E-state index contributed by atoms with van der Waals surface area (Å²) in [5.41, 5.74) is 1.49. The first-order chi connectivity index (χ1) is 9.11. The van der Waals surface area contributed by atoms with E-state index in [1.165, 1.54) is 19.3 Å². The Morgan fingerprint density at radius 3 is 2.95 bits per heavy atom. The maximum Gasteiger partial charge on any atom is 0.272 e. The molecule has 0 bridgehead atoms. The van der Waals surface area contributed by atoms with Crippen LogP contribution in [-0.4, -0.2) is 47.4 Å². The maximum absolute atomic E-state index is 11.9. The highest BCUT2D eigenvalue weighted by Gasteiger charge is 2.26. The minimum Gasteiger partial charge on any atom is -0.381 e. The van der Waals surface area contributed by atoms with Crippen LogP contribution in [0, 0.1) is 0 Å². The molecule has 0 aliphatic heterocycles. The van der Waals surface area contributed by atoms with Gasteiger partial charge in [0.25, 0.3) is 5.91 Å². The number of nitrogens with zero attached hydrogens (tertiary/aromatic N) is 2. The largest absolute Gasteiger partial charge is 0.381 e. The van der Waals surface area contributed by atoms with Gasteiger partial charge in [-0.3, -0.25) is 9.78 Å². The summed E-state index contributed by atoms with van der Waals surface area (Å²) in [5, 5.41) is 4.21. The molecule has 0 radical (unpaired) electrons. The van der Waals surface area contributed by atoms with Crippen molar-refractivity contribution in [3.63, 3.8) is 0 Å². The molecule has 1 aromatic rings. The van der Waals surface area contributed by atoms with Crippen molar-refractivity contribution in [3.05, 3.63) is 24.0 Å². The van der Waals surface area contributed by atoms with E-state index < -0.39 is 0 Å². The van der Waals surface area contributed by atoms with E-state index in [-0.39, 0.29) is 5.91 Å². The third-order valence-corrected chi connectivity index (χ3v) is 4.66. The van der Waals surface area contributed by atoms with Crippen LogP contribution in [0.5, 0.6) is 0 Å². The fourth-order valence-electron chi connectivity index (χ4n) is 2.45. The second-order valence-electron chi connectivity index (χ2n) is 5.09. The number of carbonyl (C=O) groups is 1. The van der Waals surface area contributed by atoms with Gasteiger partial charge in [0.2, 0.25) is 0 Å². The van der Waals surface area contributed by atoms with Crippen molar-refractivity contribution in [3.8, 4) is 0 Å². The first kappa shape index (κ1) is 14.2. The van der Waals surface area contributed by atoms with Gasteiger partial charge in [-0.15, -0.1) is 0 Å². The monoisotopic (exact) mass is 279 g/mol. The van der Waals surface area contributed by atoms with Crippen LogP contribution in [-0.2, 0) is 0 Å². The average molecular weight is 279 g/mol. The molecule has 1 N–H and O–H groups in total. The predicted octanol–water partition coefficient (Wildman–Crippen LogP) is 2.48. The number of carbonyl (C=O) groups excluding carboxylic acids is 1. The Morgan fingerprint density at radius 2 is 2.26 bits per heavy atom. The second kappa shape index (κ2) is 6.28. The van der Waals surface area contributed by atoms with Crippen LogP contribution < -0.4 is 5.32 Å². The Bertz CT molecular complexity index is 450. The summed E-state index contributed by atoms with van der Waals surface area (Å²) in [7, 11) is 3.48. The lowest BCUT2D eigenvalue weighted by atomic mass is 10.2. The average Bonchev–Trinajstić information content (AvgIpc) is 2.85. The summed E-state index contributed by atoms with van der Waals surface area (Å²) >= 11 is 1.92. The molecule has 2 unspecified atom stereocenters. The zero-order valence-electron chi connectivity index (χ0n) is 11.7. The normalized spacial score (nSPS) is 22.3. The molecule has 104 valence electrons. The van der Waals surface area contributed by atoms with Gasteiger partial charge in [-0.05, 0) is 31.2 Å². The molecule has 0 saturated heterocycles. The second-order valence-corrected chi connectivity index (χ2v) is 6.16. The van der Waals surface area contributed by atoms with Crippen LogP contribution in [0.1, 0.15) is 29.8 Å². The van der Waals surface area contributed by atoms with Gasteiger partial charge in [-0.25, -0.2) is 0 Å². The minimum absolute atomic E-state index is 0.0588. The number of hydrogen-bond acceptors (Lipinski definition) is 4. The van der Waals surface area contributed by atoms with Crippen LogP contribution in [0.25, 0.3) is 0 Å². The Labute approximate surface area is 119 Å². The van der Waals surface area contributed by atoms with Crippen molar-refractivity contribution >= 4 is 23.4 Å². The van der Waals surface area contributed by atoms with Crippen molar-refractivity contribution in [2.24, 2.45) is 0 Å². The lowest BCUT2D eigenvalue weighted by Gasteiger charge is -2.20. The smallest absolute Gasteiger partial charge is 0.272 e. The lowest BCUT2D eigenvalue weighted by molar-refractivity contribution is 0.0822. The first-order valence-electron chi connectivity index (χ1n) is 6.59. The molecule has 1 aromatic heterocycles. The molecule has 19 heavy (non-hydrogen) atoms. The van der Waals surface area contributed by atoms with Crippen molar-refractivity contribution < 1.29 is 4.79 Å². The molecule has 2 rings (SSSR count). The topological polar surface area (TPSA) is 45.2 Å². The first-order valence-corrected chi connectivity index (χ1v) is 7.87. The van der Waals surface area contributed by atoms with Crippen LogP contribution in [0.3, 0.4) is 0 Å². The van der Waals surface area contributed by atoms with Gasteiger partial charge in [-0.1, -0.05) is 6.42 Å². The molecular weight excluding hydrogens is 258 g/mol. The maximum atomic E-state index is 11.9. The van der Waals surface area contributed by atoms with Crippen molar-refractivity contribution in [2.45, 2.75) is 30.6 Å². The molecule has 1 aliphatic carbocycles. The number of pyridine rings is 1. The van der Waals surface area contributed by atoms with E-state index in [0.29, 0.717) is 17.0 Å². The molecular formula is C14H21N3OS. The number of nitrogens with one attached hydrogen (secondary N) is 1. The van der Waals surface area contributed by atoms with Crippen LogP contribution in [0.15, 0.2) is 18.3 Å². The highest BCUT2D eigenvalue weighted by molar-refractivity contribution is 7.99. The van der Waals surface area contributed by atoms with Gasteiger partial charge in [0.1, 0.15) is 5.69 Å². The summed E-state index contributed by atoms with van der Waals surface area (Å²) in [6.07, 6.45) is 7.61. The molecule has 5 heteroatoms. The van der Waals surface area contributed by atoms with E-state index in [1.807, 2.05) is 23.9 Å². The molecule has 1 aliphatic rings. The summed E-state index contributed by atoms with van der Waals surface area (Å²) < 4.78 is 0. The van der Waals surface area contributed by atoms with Gasteiger partial charge in [-0.2, -0.15) is 11.8 Å². The fraction of sp³-hybridized carbons (Fsp3) is 0.571. The number of thioether (sulfide) groups is 1. The fourth-order valence-corrected chi connectivity index (χ4v) is 3.39. The number of rotatable bonds is 4. The van der Waals surface area contributed by atoms with E-state index in [9.17, 15) is 4.79 Å². The highest BCUT2D eigenvalue weighted by Crippen LogP contribution is 2.30. The predicted molar refractivity (Wildman–Crippen MR) is 80.8 cm³/mol. The van der Waals surface area contributed by atoms with Crippen molar-refractivity contribution in [1.29, 1.82) is 0 Å². The lowest BCUT2D eigenvalue weighted by Crippen LogP contribution is -2.26. The summed E-state index contributed by atoms with van der Waals surface area (Å²) in [4.78, 5) is 17.6. The van der Waals surface area contributed by atoms with E-state index in [1.54, 1.807) is 25.2 Å². The van der Waals surface area contributed by atoms with Crippen molar-refractivity contribution in [1.82, 2.24) is 9.88 Å². The van der Waals surface area contributed by atoms with Gasteiger partial charge in [0, 0.05) is 37.3 Å². The van der Waals surface area contributed by atoms with Gasteiger partial charge >= 0.3 is 0 Å². The zero-order chi connectivity index (χ0) is 13.8. The van der Waals surface area contributed by atoms with Crippen LogP contribution >= 0.6 is 11.8 Å². The highest BCUT2D eigenvalue weighted by atomic mass is 32.2. The molecule has 0 aromatic carbocycles. The Balaban J connectivity index is 2.09. The number of amides is 1. The standard InChI is InChI=1S/C14H21N3OS/c1-17(2)14(18)12-9-10(7-8-15-12)16-11-5-4-6-13(11)19-3/h7-9,11,13H,4-6H2,1-3H3,(H,15,16).